The van der Waals surface area contributed by atoms with Crippen molar-refractivity contribution in [3.8, 4) is 5.75 Å². The molecule has 0 saturated heterocycles. The molecule has 0 fully saturated rings. The van der Waals surface area contributed by atoms with Crippen molar-refractivity contribution in [1.82, 2.24) is 0 Å². The summed E-state index contributed by atoms with van der Waals surface area (Å²) in [6, 6.07) is 14.4. The Labute approximate surface area is 119 Å². The molecule has 0 spiro atoms. The van der Waals surface area contributed by atoms with Gasteiger partial charge in [0.15, 0.2) is 0 Å². The summed E-state index contributed by atoms with van der Waals surface area (Å²) in [5.41, 5.74) is 4.58. The lowest BCUT2D eigenvalue weighted by molar-refractivity contribution is -0.0750. The highest BCUT2D eigenvalue weighted by Crippen LogP contribution is 2.31. The maximum Gasteiger partial charge on any atom is 0.226 e. The number of benzene rings is 2. The average molecular weight is 266 g/mol. The fourth-order valence-corrected chi connectivity index (χ4v) is 2.35. The van der Waals surface area contributed by atoms with Crippen LogP contribution in [0.15, 0.2) is 49.0 Å². The van der Waals surface area contributed by atoms with Crippen molar-refractivity contribution in [2.24, 2.45) is 0 Å². The molecular formula is C18H18O2. The number of aryl methyl sites for hydroxylation is 1. The predicted molar refractivity (Wildman–Crippen MR) is 80.7 cm³/mol. The van der Waals surface area contributed by atoms with Crippen molar-refractivity contribution in [2.75, 3.05) is 6.61 Å². The molecule has 2 aromatic rings. The van der Waals surface area contributed by atoms with E-state index in [2.05, 4.69) is 43.8 Å². The van der Waals surface area contributed by atoms with E-state index >= 15 is 0 Å². The van der Waals surface area contributed by atoms with E-state index in [-0.39, 0.29) is 6.29 Å². The van der Waals surface area contributed by atoms with Gasteiger partial charge in [0.1, 0.15) is 5.75 Å². The Morgan fingerprint density at radius 2 is 1.95 bits per heavy atom. The quantitative estimate of drug-likeness (QED) is 0.807. The normalized spacial score (nSPS) is 17.8. The standard InChI is InChI=1S/C18H18O2/c1-3-14-6-9-17-16(12-14)10-11-19-18(20-17)15-7-4-13(2)5-8-15/h3-9,12,18H,1,10-11H2,2H3. The molecule has 0 aliphatic carbocycles. The molecule has 2 aromatic carbocycles. The maximum absolute atomic E-state index is 6.03. The van der Waals surface area contributed by atoms with Gasteiger partial charge in [-0.05, 0) is 36.6 Å². The summed E-state index contributed by atoms with van der Waals surface area (Å²) in [6.45, 7) is 6.53. The summed E-state index contributed by atoms with van der Waals surface area (Å²) in [6.07, 6.45) is 2.38. The molecule has 102 valence electrons. The molecule has 1 atom stereocenters. The second kappa shape index (κ2) is 5.51. The molecule has 1 heterocycles. The molecular weight excluding hydrogens is 248 g/mol. The first-order chi connectivity index (χ1) is 9.76. The van der Waals surface area contributed by atoms with Crippen LogP contribution in [0.5, 0.6) is 5.75 Å². The van der Waals surface area contributed by atoms with E-state index in [1.54, 1.807) is 0 Å². The highest BCUT2D eigenvalue weighted by Gasteiger charge is 2.19. The van der Waals surface area contributed by atoms with Gasteiger partial charge in [0.2, 0.25) is 6.29 Å². The second-order valence-electron chi connectivity index (χ2n) is 5.05. The van der Waals surface area contributed by atoms with E-state index in [0.717, 1.165) is 23.3 Å². The Morgan fingerprint density at radius 3 is 2.70 bits per heavy atom. The molecule has 0 saturated carbocycles. The topological polar surface area (TPSA) is 18.5 Å². The van der Waals surface area contributed by atoms with E-state index in [1.165, 1.54) is 11.1 Å². The largest absolute Gasteiger partial charge is 0.460 e. The first kappa shape index (κ1) is 12.9. The molecule has 2 heteroatoms. The van der Waals surface area contributed by atoms with Gasteiger partial charge < -0.3 is 9.47 Å². The van der Waals surface area contributed by atoms with Crippen LogP contribution in [0.1, 0.15) is 28.5 Å². The number of fused-ring (bicyclic) bond motifs is 1. The SMILES string of the molecule is C=Cc1ccc2c(c1)CCOC(c1ccc(C)cc1)O2. The number of hydrogen-bond acceptors (Lipinski definition) is 2. The Kier molecular flexibility index (Phi) is 3.57. The summed E-state index contributed by atoms with van der Waals surface area (Å²) in [4.78, 5) is 0. The molecule has 3 rings (SSSR count). The van der Waals surface area contributed by atoms with Crippen molar-refractivity contribution < 1.29 is 9.47 Å². The van der Waals surface area contributed by atoms with E-state index in [1.807, 2.05) is 18.2 Å². The van der Waals surface area contributed by atoms with Crippen LogP contribution in [0.4, 0.5) is 0 Å². The van der Waals surface area contributed by atoms with Crippen molar-refractivity contribution >= 4 is 6.08 Å². The molecule has 0 amide bonds. The van der Waals surface area contributed by atoms with Crippen LogP contribution < -0.4 is 4.74 Å². The smallest absolute Gasteiger partial charge is 0.226 e. The van der Waals surface area contributed by atoms with Crippen LogP contribution in [-0.2, 0) is 11.2 Å². The van der Waals surface area contributed by atoms with E-state index < -0.39 is 0 Å². The second-order valence-corrected chi connectivity index (χ2v) is 5.05. The van der Waals surface area contributed by atoms with E-state index in [4.69, 9.17) is 9.47 Å². The minimum Gasteiger partial charge on any atom is -0.460 e. The average Bonchev–Trinajstić information content (AvgIpc) is 2.69. The third-order valence-corrected chi connectivity index (χ3v) is 3.54. The molecule has 0 N–H and O–H groups in total. The summed E-state index contributed by atoms with van der Waals surface area (Å²) < 4.78 is 11.9. The zero-order chi connectivity index (χ0) is 13.9. The minimum atomic E-state index is -0.327. The Hall–Kier alpha value is -2.06. The fourth-order valence-electron chi connectivity index (χ4n) is 2.35. The van der Waals surface area contributed by atoms with Gasteiger partial charge in [-0.1, -0.05) is 48.6 Å². The molecule has 0 aromatic heterocycles. The van der Waals surface area contributed by atoms with Crippen molar-refractivity contribution in [1.29, 1.82) is 0 Å². The maximum atomic E-state index is 6.03. The van der Waals surface area contributed by atoms with Crippen molar-refractivity contribution in [3.63, 3.8) is 0 Å². The Balaban J connectivity index is 1.89. The molecule has 1 unspecified atom stereocenters. The molecule has 20 heavy (non-hydrogen) atoms. The first-order valence-corrected chi connectivity index (χ1v) is 6.86. The molecule has 1 aliphatic rings. The molecule has 0 radical (unpaired) electrons. The number of rotatable bonds is 2. The van der Waals surface area contributed by atoms with Crippen LogP contribution in [0, 0.1) is 6.92 Å². The van der Waals surface area contributed by atoms with Crippen LogP contribution in [-0.4, -0.2) is 6.61 Å². The van der Waals surface area contributed by atoms with Crippen LogP contribution in [0.2, 0.25) is 0 Å². The van der Waals surface area contributed by atoms with Gasteiger partial charge in [0, 0.05) is 5.56 Å². The van der Waals surface area contributed by atoms with Gasteiger partial charge in [-0.3, -0.25) is 0 Å². The number of ether oxygens (including phenoxy) is 2. The van der Waals surface area contributed by atoms with Gasteiger partial charge >= 0.3 is 0 Å². The Morgan fingerprint density at radius 1 is 1.15 bits per heavy atom. The van der Waals surface area contributed by atoms with Gasteiger partial charge in [-0.15, -0.1) is 0 Å². The summed E-state index contributed by atoms with van der Waals surface area (Å²) in [5.74, 6) is 0.902. The minimum absolute atomic E-state index is 0.327. The molecule has 0 bridgehead atoms. The Bertz CT molecular complexity index is 614. The van der Waals surface area contributed by atoms with Gasteiger partial charge in [-0.2, -0.15) is 0 Å². The van der Waals surface area contributed by atoms with Crippen LogP contribution in [0.25, 0.3) is 6.08 Å². The lowest BCUT2D eigenvalue weighted by Gasteiger charge is -2.18. The summed E-state index contributed by atoms with van der Waals surface area (Å²) in [5, 5.41) is 0. The summed E-state index contributed by atoms with van der Waals surface area (Å²) >= 11 is 0. The number of hydrogen-bond donors (Lipinski definition) is 0. The molecule has 1 aliphatic heterocycles. The third kappa shape index (κ3) is 2.61. The zero-order valence-corrected chi connectivity index (χ0v) is 11.6. The first-order valence-electron chi connectivity index (χ1n) is 6.86. The zero-order valence-electron chi connectivity index (χ0n) is 11.6. The van der Waals surface area contributed by atoms with Crippen molar-refractivity contribution in [2.45, 2.75) is 19.6 Å². The molecule has 2 nitrogen and oxygen atoms in total. The van der Waals surface area contributed by atoms with Crippen molar-refractivity contribution in [3.05, 3.63) is 71.3 Å². The lowest BCUT2D eigenvalue weighted by Crippen LogP contribution is -2.10. The monoisotopic (exact) mass is 266 g/mol. The highest BCUT2D eigenvalue weighted by atomic mass is 16.7. The summed E-state index contributed by atoms with van der Waals surface area (Å²) in [7, 11) is 0. The van der Waals surface area contributed by atoms with Crippen LogP contribution in [0.3, 0.4) is 0 Å². The van der Waals surface area contributed by atoms with E-state index in [9.17, 15) is 0 Å². The fraction of sp³-hybridized carbons (Fsp3) is 0.222. The van der Waals surface area contributed by atoms with E-state index in [0.29, 0.717) is 6.61 Å². The van der Waals surface area contributed by atoms with Gasteiger partial charge in [0.25, 0.3) is 0 Å². The third-order valence-electron chi connectivity index (χ3n) is 3.54. The highest BCUT2D eigenvalue weighted by molar-refractivity contribution is 5.52. The van der Waals surface area contributed by atoms with Gasteiger partial charge in [0.05, 0.1) is 6.61 Å². The predicted octanol–water partition coefficient (Wildman–Crippen LogP) is 4.29. The lowest BCUT2D eigenvalue weighted by atomic mass is 10.1. The van der Waals surface area contributed by atoms with Crippen LogP contribution >= 0.6 is 0 Å². The van der Waals surface area contributed by atoms with Gasteiger partial charge in [-0.25, -0.2) is 0 Å².